The number of hydrogen-bond donors (Lipinski definition) is 2. The molecule has 3 heterocycles. The summed E-state index contributed by atoms with van der Waals surface area (Å²) in [5, 5.41) is 4.59. The van der Waals surface area contributed by atoms with Crippen LogP contribution in [0.4, 0.5) is 4.79 Å². The normalized spacial score (nSPS) is 23.7. The summed E-state index contributed by atoms with van der Waals surface area (Å²) in [6.07, 6.45) is 1.99. The molecule has 3 aromatic rings. The van der Waals surface area contributed by atoms with Crippen molar-refractivity contribution < 1.29 is 14.4 Å². The maximum atomic E-state index is 13.0. The van der Waals surface area contributed by atoms with Crippen molar-refractivity contribution in [3.05, 3.63) is 65.2 Å². The summed E-state index contributed by atoms with van der Waals surface area (Å²) < 4.78 is 1.17. The van der Waals surface area contributed by atoms with E-state index in [9.17, 15) is 14.4 Å². The number of carbonyl (C=O) groups is 3. The molecule has 0 spiro atoms. The van der Waals surface area contributed by atoms with Gasteiger partial charge in [-0.2, -0.15) is 5.01 Å². The first kappa shape index (κ1) is 21.5. The number of amides is 4. The van der Waals surface area contributed by atoms with E-state index < -0.39 is 17.5 Å². The first-order valence-electron chi connectivity index (χ1n) is 11.0. The van der Waals surface area contributed by atoms with Gasteiger partial charge < -0.3 is 5.32 Å². The first-order chi connectivity index (χ1) is 15.9. The Balaban J connectivity index is 1.22. The predicted molar refractivity (Wildman–Crippen MR) is 125 cm³/mol. The van der Waals surface area contributed by atoms with Crippen LogP contribution in [0.25, 0.3) is 10.2 Å². The van der Waals surface area contributed by atoms with E-state index in [4.69, 9.17) is 4.98 Å². The number of benzene rings is 2. The molecule has 170 valence electrons. The van der Waals surface area contributed by atoms with E-state index in [2.05, 4.69) is 21.7 Å². The highest BCUT2D eigenvalue weighted by atomic mass is 32.1. The fourth-order valence-corrected chi connectivity index (χ4v) is 5.63. The largest absolute Gasteiger partial charge is 0.344 e. The Morgan fingerprint density at radius 2 is 1.94 bits per heavy atom. The van der Waals surface area contributed by atoms with Gasteiger partial charge in [-0.1, -0.05) is 42.5 Å². The minimum absolute atomic E-state index is 0.112. The molecule has 9 heteroatoms. The Kier molecular flexibility index (Phi) is 5.59. The van der Waals surface area contributed by atoms with Crippen molar-refractivity contribution in [2.45, 2.75) is 31.2 Å². The van der Waals surface area contributed by atoms with Crippen LogP contribution in [0, 0.1) is 0 Å². The van der Waals surface area contributed by atoms with Crippen LogP contribution in [0.3, 0.4) is 0 Å². The minimum Gasteiger partial charge on any atom is -0.318 e. The fraction of sp³-hybridized carbons (Fsp3) is 0.333. The van der Waals surface area contributed by atoms with Crippen molar-refractivity contribution in [2.75, 3.05) is 19.6 Å². The second-order valence-corrected chi connectivity index (χ2v) is 9.75. The Morgan fingerprint density at radius 3 is 2.73 bits per heavy atom. The lowest BCUT2D eigenvalue weighted by Gasteiger charge is -2.31. The molecule has 4 amide bonds. The molecule has 0 radical (unpaired) electrons. The predicted octanol–water partition coefficient (Wildman–Crippen LogP) is 2.97. The lowest BCUT2D eigenvalue weighted by atomic mass is 9.92. The monoisotopic (exact) mass is 463 g/mol. The number of piperidine rings is 1. The number of imide groups is 1. The second kappa shape index (κ2) is 8.57. The van der Waals surface area contributed by atoms with Gasteiger partial charge in [0.25, 0.3) is 11.8 Å². The molecule has 0 saturated carbocycles. The molecule has 2 saturated heterocycles. The van der Waals surface area contributed by atoms with Gasteiger partial charge >= 0.3 is 6.03 Å². The third-order valence-electron chi connectivity index (χ3n) is 6.31. The van der Waals surface area contributed by atoms with Gasteiger partial charge in [-0.15, -0.1) is 11.3 Å². The van der Waals surface area contributed by atoms with Gasteiger partial charge in [0.05, 0.1) is 21.8 Å². The lowest BCUT2D eigenvalue weighted by Crippen LogP contribution is -2.51. The molecular formula is C24H25N5O3S. The Bertz CT molecular complexity index is 1180. The fourth-order valence-electron chi connectivity index (χ4n) is 4.54. The number of nitrogens with zero attached hydrogens (tertiary/aromatic N) is 3. The average Bonchev–Trinajstić information content (AvgIpc) is 3.35. The highest BCUT2D eigenvalue weighted by Crippen LogP contribution is 2.33. The topological polar surface area (TPSA) is 94.6 Å². The molecule has 0 aliphatic carbocycles. The molecule has 2 aromatic carbocycles. The smallest absolute Gasteiger partial charge is 0.318 e. The number of likely N-dealkylation sites (tertiary alicyclic amines) is 1. The second-order valence-electron chi connectivity index (χ2n) is 8.69. The van der Waals surface area contributed by atoms with Crippen LogP contribution in [0.5, 0.6) is 0 Å². The molecule has 8 nitrogen and oxygen atoms in total. The van der Waals surface area contributed by atoms with Gasteiger partial charge in [-0.3, -0.25) is 19.9 Å². The van der Waals surface area contributed by atoms with Crippen LogP contribution in [0.15, 0.2) is 54.6 Å². The molecule has 2 aliphatic rings. The van der Waals surface area contributed by atoms with Crippen LogP contribution in [0.1, 0.15) is 36.3 Å². The summed E-state index contributed by atoms with van der Waals surface area (Å²) in [6.45, 7) is 3.26. The van der Waals surface area contributed by atoms with Gasteiger partial charge in [-0.25, -0.2) is 9.78 Å². The summed E-state index contributed by atoms with van der Waals surface area (Å²) in [6, 6.07) is 16.5. The number of urea groups is 1. The number of aromatic nitrogens is 1. The van der Waals surface area contributed by atoms with E-state index in [1.54, 1.807) is 42.5 Å². The third-order valence-corrected chi connectivity index (χ3v) is 7.51. The maximum Gasteiger partial charge on any atom is 0.344 e. The van der Waals surface area contributed by atoms with Gasteiger partial charge in [-0.05, 0) is 44.0 Å². The van der Waals surface area contributed by atoms with E-state index in [-0.39, 0.29) is 18.4 Å². The minimum atomic E-state index is -1.21. The van der Waals surface area contributed by atoms with E-state index in [1.165, 1.54) is 4.70 Å². The SMILES string of the molecule is C[C@]1(c2ccccc2)NC(=O)N(NC(=O)CN2CCC[C@H](c3nc4ccccc4s3)C2)C1=O. The number of para-hydroxylation sites is 1. The Hall–Kier alpha value is -3.30. The van der Waals surface area contributed by atoms with Crippen LogP contribution in [-0.2, 0) is 15.1 Å². The van der Waals surface area contributed by atoms with Gasteiger partial charge in [0.15, 0.2) is 0 Å². The zero-order valence-electron chi connectivity index (χ0n) is 18.3. The Labute approximate surface area is 195 Å². The van der Waals surface area contributed by atoms with Gasteiger partial charge in [0.2, 0.25) is 0 Å². The number of thiazole rings is 1. The van der Waals surface area contributed by atoms with E-state index in [0.29, 0.717) is 5.56 Å². The molecule has 0 bridgehead atoms. The lowest BCUT2D eigenvalue weighted by molar-refractivity contribution is -0.139. The highest BCUT2D eigenvalue weighted by molar-refractivity contribution is 7.18. The molecule has 2 N–H and O–H groups in total. The van der Waals surface area contributed by atoms with E-state index in [0.717, 1.165) is 41.5 Å². The van der Waals surface area contributed by atoms with Crippen LogP contribution >= 0.6 is 11.3 Å². The number of carbonyl (C=O) groups excluding carboxylic acids is 3. The molecule has 1 aromatic heterocycles. The van der Waals surface area contributed by atoms with Crippen LogP contribution in [-0.4, -0.2) is 52.4 Å². The molecule has 2 aliphatic heterocycles. The van der Waals surface area contributed by atoms with Crippen molar-refractivity contribution in [1.82, 2.24) is 25.6 Å². The summed E-state index contributed by atoms with van der Waals surface area (Å²) in [4.78, 5) is 45.1. The van der Waals surface area contributed by atoms with Gasteiger partial charge in [0.1, 0.15) is 5.54 Å². The van der Waals surface area contributed by atoms with Gasteiger partial charge in [0, 0.05) is 12.5 Å². The summed E-state index contributed by atoms with van der Waals surface area (Å²) in [5.41, 5.74) is 2.96. The van der Waals surface area contributed by atoms with Crippen molar-refractivity contribution in [2.24, 2.45) is 0 Å². The quantitative estimate of drug-likeness (QED) is 0.568. The molecule has 33 heavy (non-hydrogen) atoms. The summed E-state index contributed by atoms with van der Waals surface area (Å²) >= 11 is 1.70. The highest BCUT2D eigenvalue weighted by Gasteiger charge is 2.50. The maximum absolute atomic E-state index is 13.0. The van der Waals surface area contributed by atoms with Crippen molar-refractivity contribution in [3.63, 3.8) is 0 Å². The van der Waals surface area contributed by atoms with Crippen LogP contribution < -0.4 is 10.7 Å². The number of fused-ring (bicyclic) bond motifs is 1. The summed E-state index contributed by atoms with van der Waals surface area (Å²) in [5.74, 6) is -0.624. The number of nitrogens with one attached hydrogen (secondary N) is 2. The van der Waals surface area contributed by atoms with Crippen molar-refractivity contribution in [3.8, 4) is 0 Å². The molecule has 2 atom stereocenters. The standard InChI is InChI=1S/C24H25N5O3S/c1-24(17-9-3-2-4-10-17)22(31)29(23(32)26-24)27-20(30)15-28-13-7-8-16(14-28)21-25-18-11-5-6-12-19(18)33-21/h2-6,9-12,16H,7-8,13-15H2,1H3,(H,26,32)(H,27,30)/t16-,24+/m0/s1. The number of rotatable bonds is 5. The number of hydrogen-bond acceptors (Lipinski definition) is 6. The first-order valence-corrected chi connectivity index (χ1v) is 11.9. The third kappa shape index (κ3) is 4.09. The van der Waals surface area contributed by atoms with Crippen molar-refractivity contribution >= 4 is 39.4 Å². The van der Waals surface area contributed by atoms with E-state index >= 15 is 0 Å². The number of hydrazine groups is 1. The summed E-state index contributed by atoms with van der Waals surface area (Å²) in [7, 11) is 0. The average molecular weight is 464 g/mol. The zero-order chi connectivity index (χ0) is 23.0. The van der Waals surface area contributed by atoms with Crippen LogP contribution in [0.2, 0.25) is 0 Å². The van der Waals surface area contributed by atoms with E-state index in [1.807, 2.05) is 24.3 Å². The molecule has 2 fully saturated rings. The Morgan fingerprint density at radius 1 is 1.18 bits per heavy atom. The molecule has 5 rings (SSSR count). The zero-order valence-corrected chi connectivity index (χ0v) is 19.1. The van der Waals surface area contributed by atoms with Crippen molar-refractivity contribution in [1.29, 1.82) is 0 Å². The molecule has 0 unspecified atom stereocenters. The molecular weight excluding hydrogens is 438 g/mol.